The highest BCUT2D eigenvalue weighted by atomic mass is 16.3. The fourth-order valence-electron chi connectivity index (χ4n) is 6.72. The first-order chi connectivity index (χ1) is 18.8. The summed E-state index contributed by atoms with van der Waals surface area (Å²) in [5, 5.41) is 45.0. The molecular weight excluding hydrogens is 514 g/mol. The number of rotatable bonds is 5. The molecule has 2 aromatic rings. The van der Waals surface area contributed by atoms with Crippen molar-refractivity contribution in [1.29, 1.82) is 0 Å². The van der Waals surface area contributed by atoms with Crippen LogP contribution >= 0.6 is 0 Å². The van der Waals surface area contributed by atoms with E-state index in [0.29, 0.717) is 12.1 Å². The van der Waals surface area contributed by atoms with Crippen LogP contribution < -0.4 is 5.73 Å². The van der Waals surface area contributed by atoms with E-state index in [1.165, 1.54) is 11.0 Å². The normalized spacial score (nSPS) is 26.2. The molecule has 6 N–H and O–H groups in total. The van der Waals surface area contributed by atoms with Crippen LogP contribution in [0, 0.1) is 11.8 Å². The molecule has 4 unspecified atom stereocenters. The highest BCUT2D eigenvalue weighted by Crippen LogP contribution is 2.53. The van der Waals surface area contributed by atoms with Crippen LogP contribution in [0.25, 0.3) is 16.9 Å². The van der Waals surface area contributed by atoms with Crippen molar-refractivity contribution in [3.63, 3.8) is 0 Å². The Kier molecular flexibility index (Phi) is 6.60. The van der Waals surface area contributed by atoms with E-state index in [0.717, 1.165) is 16.7 Å². The molecule has 1 saturated carbocycles. The Morgan fingerprint density at radius 1 is 1.07 bits per heavy atom. The fraction of sp³-hybridized carbons (Fsp3) is 0.367. The molecular formula is C30H33N3O7. The van der Waals surface area contributed by atoms with Gasteiger partial charge < -0.3 is 31.1 Å². The molecule has 0 spiro atoms. The predicted molar refractivity (Wildman–Crippen MR) is 147 cm³/mol. The van der Waals surface area contributed by atoms with Gasteiger partial charge in [0.25, 0.3) is 5.91 Å². The lowest BCUT2D eigenvalue weighted by Gasteiger charge is -2.50. The zero-order valence-electron chi connectivity index (χ0n) is 22.8. The Bertz CT molecular complexity index is 1520. The van der Waals surface area contributed by atoms with Crippen LogP contribution in [-0.4, -0.2) is 87.5 Å². The van der Waals surface area contributed by atoms with Crippen LogP contribution in [-0.2, 0) is 27.3 Å². The lowest BCUT2D eigenvalue weighted by molar-refractivity contribution is -0.153. The first kappa shape index (κ1) is 27.6. The zero-order chi connectivity index (χ0) is 29.3. The number of aliphatic hydroxyl groups is 3. The van der Waals surface area contributed by atoms with Crippen LogP contribution in [0.4, 0.5) is 0 Å². The van der Waals surface area contributed by atoms with Gasteiger partial charge in [-0.2, -0.15) is 0 Å². The Balaban J connectivity index is 1.70. The number of fused-ring (bicyclic) bond motifs is 3. The molecule has 0 radical (unpaired) electrons. The van der Waals surface area contributed by atoms with Crippen LogP contribution in [0.5, 0.6) is 5.75 Å². The van der Waals surface area contributed by atoms with E-state index in [1.54, 1.807) is 20.2 Å². The Morgan fingerprint density at radius 2 is 1.77 bits per heavy atom. The number of primary amides is 1. The Labute approximate surface area is 231 Å². The summed E-state index contributed by atoms with van der Waals surface area (Å²) < 4.78 is 0. The predicted octanol–water partition coefficient (Wildman–Crippen LogP) is 1.69. The molecule has 40 heavy (non-hydrogen) atoms. The van der Waals surface area contributed by atoms with Crippen LogP contribution in [0.3, 0.4) is 0 Å². The number of phenolic OH excluding ortho intramolecular Hbond substituents is 1. The number of benzene rings is 2. The second-order valence-electron chi connectivity index (χ2n) is 11.4. The van der Waals surface area contributed by atoms with Gasteiger partial charge in [0.1, 0.15) is 22.8 Å². The van der Waals surface area contributed by atoms with Gasteiger partial charge in [0.2, 0.25) is 5.78 Å². The molecule has 0 heterocycles. The monoisotopic (exact) mass is 547 g/mol. The number of carbonyl (C=O) groups is 3. The lowest BCUT2D eigenvalue weighted by atomic mass is 9.57. The molecule has 10 heteroatoms. The molecule has 0 aliphatic heterocycles. The molecule has 3 aliphatic carbocycles. The molecule has 1 fully saturated rings. The second kappa shape index (κ2) is 9.58. The number of aromatic hydroxyl groups is 1. The molecule has 10 nitrogen and oxygen atoms in total. The number of aliphatic hydroxyl groups excluding tert-OH is 2. The van der Waals surface area contributed by atoms with Gasteiger partial charge in [0.15, 0.2) is 11.4 Å². The lowest BCUT2D eigenvalue weighted by Crippen LogP contribution is -2.65. The topological polar surface area (TPSA) is 165 Å². The summed E-state index contributed by atoms with van der Waals surface area (Å²) in [4.78, 5) is 42.9. The van der Waals surface area contributed by atoms with Gasteiger partial charge in [-0.15, -0.1) is 0 Å². The quantitative estimate of drug-likeness (QED) is 0.350. The van der Waals surface area contributed by atoms with Gasteiger partial charge in [0, 0.05) is 18.0 Å². The summed E-state index contributed by atoms with van der Waals surface area (Å²) in [7, 11) is 7.09. The Hall–Kier alpha value is -3.99. The van der Waals surface area contributed by atoms with Gasteiger partial charge in [-0.3, -0.25) is 19.3 Å². The number of phenols is 1. The number of ketones is 2. The smallest absolute Gasteiger partial charge is 0.255 e. The van der Waals surface area contributed by atoms with E-state index in [2.05, 4.69) is 0 Å². The number of hydrogen-bond donors (Lipinski definition) is 5. The summed E-state index contributed by atoms with van der Waals surface area (Å²) >= 11 is 0. The summed E-state index contributed by atoms with van der Waals surface area (Å²) in [6.45, 7) is 0.713. The highest BCUT2D eigenvalue weighted by molar-refractivity contribution is 6.24. The van der Waals surface area contributed by atoms with Crippen molar-refractivity contribution in [1.82, 2.24) is 9.80 Å². The Morgan fingerprint density at radius 3 is 2.40 bits per heavy atom. The van der Waals surface area contributed by atoms with E-state index in [9.17, 15) is 34.8 Å². The van der Waals surface area contributed by atoms with Crippen LogP contribution in [0.2, 0.25) is 0 Å². The van der Waals surface area contributed by atoms with Crippen molar-refractivity contribution < 1.29 is 34.8 Å². The molecule has 4 atom stereocenters. The maximum atomic E-state index is 14.0. The number of nitrogens with zero attached hydrogens (tertiary/aromatic N) is 2. The average molecular weight is 548 g/mol. The molecule has 1 amide bonds. The summed E-state index contributed by atoms with van der Waals surface area (Å²) in [6.07, 6.45) is 0.276. The first-order valence-corrected chi connectivity index (χ1v) is 13.0. The van der Waals surface area contributed by atoms with Crippen molar-refractivity contribution >= 4 is 23.2 Å². The minimum absolute atomic E-state index is 0.0432. The molecule has 0 saturated heterocycles. The van der Waals surface area contributed by atoms with Crippen molar-refractivity contribution in [2.75, 3.05) is 28.2 Å². The molecule has 0 bridgehead atoms. The fourth-order valence-corrected chi connectivity index (χ4v) is 6.72. The molecule has 2 aromatic carbocycles. The number of Topliss-reactive ketones (excluding diaryl/α,β-unsaturated/α-hetero) is 2. The average Bonchev–Trinajstić information content (AvgIpc) is 2.85. The van der Waals surface area contributed by atoms with Crippen molar-refractivity contribution in [2.24, 2.45) is 17.6 Å². The number of carbonyl (C=O) groups excluding carboxylic acids is 3. The van der Waals surface area contributed by atoms with Crippen LogP contribution in [0.1, 0.15) is 23.1 Å². The number of nitrogens with two attached hydrogens (primary N) is 1. The number of hydrogen-bond acceptors (Lipinski definition) is 9. The molecule has 0 aromatic heterocycles. The molecule has 210 valence electrons. The van der Waals surface area contributed by atoms with E-state index in [4.69, 9.17) is 5.73 Å². The highest BCUT2D eigenvalue weighted by Gasteiger charge is 2.64. The third kappa shape index (κ3) is 3.94. The third-order valence-corrected chi connectivity index (χ3v) is 8.34. The maximum absolute atomic E-state index is 14.0. The van der Waals surface area contributed by atoms with Gasteiger partial charge >= 0.3 is 0 Å². The minimum Gasteiger partial charge on any atom is -0.508 e. The van der Waals surface area contributed by atoms with Gasteiger partial charge in [-0.05, 0) is 81.3 Å². The molecule has 5 rings (SSSR count). The van der Waals surface area contributed by atoms with E-state index in [1.807, 2.05) is 43.3 Å². The van der Waals surface area contributed by atoms with E-state index >= 15 is 0 Å². The van der Waals surface area contributed by atoms with E-state index in [-0.39, 0.29) is 29.7 Å². The summed E-state index contributed by atoms with van der Waals surface area (Å²) in [5.41, 5.74) is 5.15. The summed E-state index contributed by atoms with van der Waals surface area (Å²) in [6, 6.07) is 9.99. The summed E-state index contributed by atoms with van der Waals surface area (Å²) in [5.74, 6) is -6.64. The second-order valence-corrected chi connectivity index (χ2v) is 11.4. The number of likely N-dealkylation sites (N-methyl/N-ethyl adjacent to an activating group) is 1. The van der Waals surface area contributed by atoms with Gasteiger partial charge in [-0.1, -0.05) is 24.3 Å². The molecule has 3 aliphatic rings. The zero-order valence-corrected chi connectivity index (χ0v) is 22.8. The standard InChI is InChI=1S/C30H33N3O7/c1-32(2)13-14-6-5-7-15(10-14)17-8-9-20(34)22-18(17)11-16-12-19-24(33(3)4)26(36)23(29(31)39)28(38)30(19,40)27(37)21(16)25(22)35/h5-10,16,19,24,34-35,38,40H,11-13H2,1-4H3,(H2,31,39). The van der Waals surface area contributed by atoms with Crippen molar-refractivity contribution in [2.45, 2.75) is 31.0 Å². The van der Waals surface area contributed by atoms with Crippen molar-refractivity contribution in [3.8, 4) is 16.9 Å². The van der Waals surface area contributed by atoms with Gasteiger partial charge in [0.05, 0.1) is 11.6 Å². The number of amides is 1. The maximum Gasteiger partial charge on any atom is 0.255 e. The van der Waals surface area contributed by atoms with Crippen LogP contribution in [0.15, 0.2) is 53.3 Å². The van der Waals surface area contributed by atoms with Gasteiger partial charge in [-0.25, -0.2) is 0 Å². The SMILES string of the molecule is CN(C)Cc1cccc(-c2ccc(O)c3c2CC2CC4C(N(C)C)C(=O)C(C(N)=O)=C(O)C4(O)C(=O)C2=C3O)c1. The first-order valence-electron chi connectivity index (χ1n) is 13.0. The largest absolute Gasteiger partial charge is 0.508 e. The van der Waals surface area contributed by atoms with E-state index < -0.39 is 58.0 Å². The minimum atomic E-state index is -2.65. The van der Waals surface area contributed by atoms with Crippen molar-refractivity contribution in [3.05, 3.63) is 70.0 Å². The third-order valence-electron chi connectivity index (χ3n) is 8.34.